The Morgan fingerprint density at radius 3 is 2.38 bits per heavy atom. The summed E-state index contributed by atoms with van der Waals surface area (Å²) in [5.74, 6) is -10.6. The van der Waals surface area contributed by atoms with Gasteiger partial charge in [0.05, 0.1) is 39.8 Å². The summed E-state index contributed by atoms with van der Waals surface area (Å²) < 4.78 is 119. The molecule has 4 atom stereocenters. The highest BCUT2D eigenvalue weighted by atomic mass is 35.5. The second-order valence-electron chi connectivity index (χ2n) is 13.6. The molecule has 2 aliphatic carbocycles. The minimum absolute atomic E-state index is 0.0131. The van der Waals surface area contributed by atoms with Crippen molar-refractivity contribution >= 4 is 49.9 Å². The van der Waals surface area contributed by atoms with Crippen LogP contribution in [0.1, 0.15) is 58.9 Å². The number of alkyl halides is 4. The van der Waals surface area contributed by atoms with Crippen LogP contribution in [0.3, 0.4) is 0 Å². The molecule has 0 bridgehead atoms. The SMILES string of the molecule is CN(C)c1cnc([C@@H](Cc2cc(F)cc(F)c2)C(C(N)=O)n2nc(C(F)F)c3c2C(F)(F)[C@@H]2C[C@H]32)c(-c2ccc(Cl)c3c(NS(C)(=O)=O)nn(C)c23)c1. The molecule has 11 nitrogen and oxygen atoms in total. The van der Waals surface area contributed by atoms with Crippen LogP contribution in [0, 0.1) is 17.6 Å². The van der Waals surface area contributed by atoms with Crippen molar-refractivity contribution in [2.45, 2.75) is 43.1 Å². The minimum Gasteiger partial charge on any atom is -0.376 e. The van der Waals surface area contributed by atoms with Crippen LogP contribution in [-0.4, -0.2) is 59.2 Å². The quantitative estimate of drug-likeness (QED) is 0.148. The van der Waals surface area contributed by atoms with Gasteiger partial charge in [-0.1, -0.05) is 17.7 Å². The summed E-state index contributed by atoms with van der Waals surface area (Å²) in [5.41, 5.74) is 5.16. The maximum Gasteiger partial charge on any atom is 0.293 e. The fourth-order valence-corrected chi connectivity index (χ4v) is 8.24. The van der Waals surface area contributed by atoms with Crippen LogP contribution in [0.5, 0.6) is 0 Å². The van der Waals surface area contributed by atoms with Gasteiger partial charge in [-0.3, -0.25) is 19.2 Å². The van der Waals surface area contributed by atoms with E-state index in [1.807, 2.05) is 0 Å². The predicted molar refractivity (Wildman–Crippen MR) is 185 cm³/mol. The molecule has 3 N–H and O–H groups in total. The zero-order valence-corrected chi connectivity index (χ0v) is 30.0. The monoisotopic (exact) mass is 780 g/mol. The fourth-order valence-electron chi connectivity index (χ4n) is 7.51. The lowest BCUT2D eigenvalue weighted by Gasteiger charge is -2.30. The van der Waals surface area contributed by atoms with Crippen LogP contribution in [0.2, 0.25) is 5.02 Å². The van der Waals surface area contributed by atoms with Crippen LogP contribution >= 0.6 is 11.6 Å². The Morgan fingerprint density at radius 2 is 1.77 bits per heavy atom. The van der Waals surface area contributed by atoms with Crippen molar-refractivity contribution in [3.8, 4) is 11.1 Å². The number of amides is 1. The molecule has 2 aromatic carbocycles. The molecule has 0 aliphatic heterocycles. The summed E-state index contributed by atoms with van der Waals surface area (Å²) in [6, 6.07) is 5.32. The maximum absolute atomic E-state index is 15.9. The number of benzene rings is 2. The highest BCUT2D eigenvalue weighted by Gasteiger charge is 2.67. The standard InChI is InChI=1S/C34H31ClF6N8O3S/c1-47(2)17-11-19(18-5-6-23(35)25-28(18)48(3)45-33(25)46-53(4,51)52)26(43-13-17)21(9-14-7-15(36)10-16(37)8-14)29(32(42)50)49-30-24(27(44-49)31(38)39)20-12-22(20)34(30,40)41/h5-8,10-11,13,20-22,29,31H,9,12H2,1-4H3,(H2,42,50)(H,45,46)/t20-,21+,22+,29?/m0/s1. The van der Waals surface area contributed by atoms with Crippen molar-refractivity contribution in [2.24, 2.45) is 18.7 Å². The maximum atomic E-state index is 15.9. The van der Waals surface area contributed by atoms with Gasteiger partial charge in [-0.2, -0.15) is 19.0 Å². The molecule has 280 valence electrons. The Hall–Kier alpha value is -4.84. The molecule has 3 aromatic heterocycles. The lowest BCUT2D eigenvalue weighted by Crippen LogP contribution is -2.37. The van der Waals surface area contributed by atoms with E-state index < -0.39 is 81.5 Å². The number of pyridine rings is 1. The van der Waals surface area contributed by atoms with Gasteiger partial charge in [0.2, 0.25) is 15.9 Å². The smallest absolute Gasteiger partial charge is 0.293 e. The molecular weight excluding hydrogens is 750 g/mol. The molecular formula is C34H31ClF6N8O3S. The molecule has 0 saturated heterocycles. The predicted octanol–water partition coefficient (Wildman–Crippen LogP) is 6.40. The van der Waals surface area contributed by atoms with E-state index >= 15 is 8.78 Å². The average Bonchev–Trinajstić information content (AvgIpc) is 3.58. The third kappa shape index (κ3) is 6.24. The lowest BCUT2D eigenvalue weighted by atomic mass is 9.84. The van der Waals surface area contributed by atoms with Crippen molar-refractivity contribution in [3.05, 3.63) is 87.5 Å². The fraction of sp³-hybridized carbons (Fsp3) is 0.353. The number of hydrogen-bond acceptors (Lipinski definition) is 7. The van der Waals surface area contributed by atoms with Crippen LogP contribution in [-0.2, 0) is 34.2 Å². The first-order chi connectivity index (χ1) is 24.8. The zero-order valence-electron chi connectivity index (χ0n) is 28.4. The number of anilines is 2. The molecule has 0 radical (unpaired) electrons. The normalized spacial score (nSPS) is 18.6. The van der Waals surface area contributed by atoms with Gasteiger partial charge >= 0.3 is 0 Å². The van der Waals surface area contributed by atoms with Gasteiger partial charge in [-0.15, -0.1) is 0 Å². The van der Waals surface area contributed by atoms with Crippen LogP contribution < -0.4 is 15.4 Å². The zero-order chi connectivity index (χ0) is 38.5. The van der Waals surface area contributed by atoms with Crippen LogP contribution in [0.4, 0.5) is 37.8 Å². The van der Waals surface area contributed by atoms with Crippen LogP contribution in [0.15, 0.2) is 42.6 Å². The highest BCUT2D eigenvalue weighted by molar-refractivity contribution is 7.92. The third-order valence-electron chi connectivity index (χ3n) is 9.72. The van der Waals surface area contributed by atoms with E-state index in [2.05, 4.69) is 19.9 Å². The minimum atomic E-state index is -3.84. The van der Waals surface area contributed by atoms with E-state index in [9.17, 15) is 30.8 Å². The molecule has 0 spiro atoms. The van der Waals surface area contributed by atoms with Crippen molar-refractivity contribution < 1.29 is 39.6 Å². The number of nitrogens with two attached hydrogens (primary N) is 1. The van der Waals surface area contributed by atoms with E-state index in [4.69, 9.17) is 17.3 Å². The van der Waals surface area contributed by atoms with Crippen molar-refractivity contribution in [1.82, 2.24) is 24.5 Å². The van der Waals surface area contributed by atoms with Crippen LogP contribution in [0.25, 0.3) is 22.0 Å². The summed E-state index contributed by atoms with van der Waals surface area (Å²) in [5, 5.41) is 8.52. The Balaban J connectivity index is 1.53. The Bertz CT molecular complexity index is 2420. The van der Waals surface area contributed by atoms with Gasteiger partial charge in [0.1, 0.15) is 29.1 Å². The number of sulfonamides is 1. The Morgan fingerprint density at radius 1 is 1.09 bits per heavy atom. The third-order valence-corrected chi connectivity index (χ3v) is 10.6. The summed E-state index contributed by atoms with van der Waals surface area (Å²) in [4.78, 5) is 20.0. The number of aromatic nitrogens is 5. The number of nitrogens with zero attached hydrogens (tertiary/aromatic N) is 6. The summed E-state index contributed by atoms with van der Waals surface area (Å²) in [6.45, 7) is 0. The molecule has 53 heavy (non-hydrogen) atoms. The Kier molecular flexibility index (Phi) is 8.71. The molecule has 7 rings (SSSR count). The van der Waals surface area contributed by atoms with E-state index in [1.54, 1.807) is 31.1 Å². The van der Waals surface area contributed by atoms with Gasteiger partial charge in [0.15, 0.2) is 5.82 Å². The number of carbonyl (C=O) groups is 1. The van der Waals surface area contributed by atoms with Gasteiger partial charge in [-0.25, -0.2) is 30.7 Å². The van der Waals surface area contributed by atoms with Gasteiger partial charge in [0, 0.05) is 55.7 Å². The van der Waals surface area contributed by atoms with Crippen molar-refractivity contribution in [2.75, 3.05) is 30.0 Å². The van der Waals surface area contributed by atoms with E-state index in [0.717, 1.165) is 18.4 Å². The first-order valence-corrected chi connectivity index (χ1v) is 18.4. The average molecular weight is 781 g/mol. The first kappa shape index (κ1) is 36.5. The highest BCUT2D eigenvalue weighted by Crippen LogP contribution is 2.68. The Labute approximate surface area is 303 Å². The summed E-state index contributed by atoms with van der Waals surface area (Å²) >= 11 is 6.59. The summed E-state index contributed by atoms with van der Waals surface area (Å²) in [7, 11) is 1.10. The lowest BCUT2D eigenvalue weighted by molar-refractivity contribution is -0.122. The number of carbonyl (C=O) groups excluding carboxylic acids is 1. The van der Waals surface area contributed by atoms with Gasteiger partial charge < -0.3 is 10.6 Å². The number of hydrogen-bond donors (Lipinski definition) is 2. The summed E-state index contributed by atoms with van der Waals surface area (Å²) in [6.07, 6.45) is -1.42. The van der Waals surface area contributed by atoms with E-state index in [1.165, 1.54) is 24.0 Å². The molecule has 1 fully saturated rings. The van der Waals surface area contributed by atoms with Gasteiger partial charge in [-0.05, 0) is 48.6 Å². The van der Waals surface area contributed by atoms with Gasteiger partial charge in [0.25, 0.3) is 12.3 Å². The number of rotatable bonds is 11. The van der Waals surface area contributed by atoms with E-state index in [-0.39, 0.29) is 50.5 Å². The topological polar surface area (TPSA) is 141 Å². The van der Waals surface area contributed by atoms with Crippen molar-refractivity contribution in [1.29, 1.82) is 0 Å². The largest absolute Gasteiger partial charge is 0.376 e. The number of fused-ring (bicyclic) bond motifs is 4. The van der Waals surface area contributed by atoms with Crippen molar-refractivity contribution in [3.63, 3.8) is 0 Å². The number of nitrogens with one attached hydrogen (secondary N) is 1. The molecule has 1 saturated carbocycles. The molecule has 5 aromatic rings. The molecule has 2 aliphatic rings. The second-order valence-corrected chi connectivity index (χ2v) is 15.7. The molecule has 1 amide bonds. The molecule has 3 heterocycles. The molecule has 19 heteroatoms. The first-order valence-electron chi connectivity index (χ1n) is 16.1. The number of aryl methyl sites for hydroxylation is 1. The number of halogens is 7. The van der Waals surface area contributed by atoms with E-state index in [0.29, 0.717) is 22.0 Å². The second kappa shape index (κ2) is 12.6. The number of primary amides is 1. The molecule has 1 unspecified atom stereocenters.